The molecule has 0 aliphatic carbocycles. The van der Waals surface area contributed by atoms with Crippen LogP contribution in [0.5, 0.6) is 5.75 Å². The average Bonchev–Trinajstić information content (AvgIpc) is 3.31. The zero-order chi connectivity index (χ0) is 29.9. The van der Waals surface area contributed by atoms with Crippen LogP contribution in [0.25, 0.3) is 0 Å². The van der Waals surface area contributed by atoms with E-state index in [1.807, 2.05) is 5.32 Å². The summed E-state index contributed by atoms with van der Waals surface area (Å²) < 4.78 is 66.9. The van der Waals surface area contributed by atoms with E-state index < -0.39 is 64.3 Å². The fourth-order valence-corrected chi connectivity index (χ4v) is 4.85. The van der Waals surface area contributed by atoms with Crippen LogP contribution in [0.3, 0.4) is 0 Å². The molecule has 1 unspecified atom stereocenters. The van der Waals surface area contributed by atoms with E-state index in [1.165, 1.54) is 30.3 Å². The summed E-state index contributed by atoms with van der Waals surface area (Å²) in [6, 6.07) is 12.1. The van der Waals surface area contributed by atoms with Gasteiger partial charge in [-0.3, -0.25) is 14.9 Å². The maximum Gasteiger partial charge on any atom is 0.414 e. The number of alkyl carbamates (subject to hydrolysis) is 1. The molecule has 0 saturated heterocycles. The van der Waals surface area contributed by atoms with Gasteiger partial charge in [0.15, 0.2) is 6.61 Å². The topological polar surface area (TPSA) is 97.3 Å². The number of para-hydroxylation sites is 1. The fraction of sp³-hybridized carbons (Fsp3) is 0.214. The molecule has 0 fully saturated rings. The molecule has 4 rings (SSSR count). The molecule has 41 heavy (non-hydrogen) atoms. The van der Waals surface area contributed by atoms with Crippen molar-refractivity contribution < 1.29 is 41.4 Å². The number of amides is 3. The van der Waals surface area contributed by atoms with Gasteiger partial charge in [-0.1, -0.05) is 30.0 Å². The van der Waals surface area contributed by atoms with Crippen molar-refractivity contribution in [3.8, 4) is 5.75 Å². The van der Waals surface area contributed by atoms with Crippen molar-refractivity contribution in [2.45, 2.75) is 31.7 Å². The first-order valence-electron chi connectivity index (χ1n) is 12.1. The van der Waals surface area contributed by atoms with Crippen molar-refractivity contribution in [3.05, 3.63) is 101 Å². The molecule has 0 radical (unpaired) electrons. The van der Waals surface area contributed by atoms with Crippen molar-refractivity contribution in [2.75, 3.05) is 6.61 Å². The molecular weight excluding hydrogens is 566 g/mol. The van der Waals surface area contributed by atoms with Crippen LogP contribution in [0, 0.1) is 23.3 Å². The van der Waals surface area contributed by atoms with Crippen LogP contribution in [-0.4, -0.2) is 40.2 Å². The molecule has 1 aliphatic rings. The van der Waals surface area contributed by atoms with Crippen molar-refractivity contribution in [1.29, 1.82) is 0 Å². The molecule has 0 aromatic heterocycles. The Hall–Kier alpha value is -4.39. The first-order chi connectivity index (χ1) is 19.3. The third-order valence-corrected chi connectivity index (χ3v) is 6.57. The van der Waals surface area contributed by atoms with Gasteiger partial charge in [-0.05, 0) is 51.1 Å². The Kier molecular flexibility index (Phi) is 8.66. The van der Waals surface area contributed by atoms with Gasteiger partial charge < -0.3 is 9.47 Å². The maximum absolute atomic E-state index is 14.6. The molecule has 1 N–H and O–H groups in total. The van der Waals surface area contributed by atoms with Gasteiger partial charge in [0.05, 0.1) is 0 Å². The van der Waals surface area contributed by atoms with Crippen molar-refractivity contribution in [2.24, 2.45) is 5.10 Å². The number of hydrogen-bond donors (Lipinski definition) is 1. The second-order valence-corrected chi connectivity index (χ2v) is 10.7. The molecule has 3 aromatic rings. The van der Waals surface area contributed by atoms with E-state index in [4.69, 9.17) is 9.47 Å². The second kappa shape index (κ2) is 12.0. The zero-order valence-electron chi connectivity index (χ0n) is 21.9. The standard InChI is InChI=1S/C28H23F4N3O5S/c1-28(2,3)40-27(38)33-22(36)14-39-21-7-5-4-6-18(21)26-35(25(37)23-19(31)12-17(30)13-20(23)32)34-24(41-26)15-8-10-16(29)11-9-15/h4-13,26H,14H2,1-3H3,(H,33,36,38). The first-order valence-corrected chi connectivity index (χ1v) is 12.9. The van der Waals surface area contributed by atoms with E-state index in [1.54, 1.807) is 39.0 Å². The Morgan fingerprint density at radius 3 is 2.22 bits per heavy atom. The maximum atomic E-state index is 14.6. The highest BCUT2D eigenvalue weighted by atomic mass is 32.2. The molecule has 1 atom stereocenters. The summed E-state index contributed by atoms with van der Waals surface area (Å²) in [5.41, 5.74) is -1.18. The van der Waals surface area contributed by atoms with Gasteiger partial charge in [-0.25, -0.2) is 27.4 Å². The van der Waals surface area contributed by atoms with Crippen LogP contribution >= 0.6 is 11.8 Å². The molecule has 3 amide bonds. The number of ether oxygens (including phenoxy) is 2. The highest BCUT2D eigenvalue weighted by Gasteiger charge is 2.38. The zero-order valence-corrected chi connectivity index (χ0v) is 22.7. The lowest BCUT2D eigenvalue weighted by Gasteiger charge is -2.23. The van der Waals surface area contributed by atoms with Gasteiger partial charge in [-0.15, -0.1) is 0 Å². The van der Waals surface area contributed by atoms with Gasteiger partial charge in [0.25, 0.3) is 11.8 Å². The summed E-state index contributed by atoms with van der Waals surface area (Å²) in [5, 5.41) is 6.22. The summed E-state index contributed by atoms with van der Waals surface area (Å²) >= 11 is 0.993. The van der Waals surface area contributed by atoms with E-state index in [0.717, 1.165) is 16.8 Å². The van der Waals surface area contributed by atoms with E-state index >= 15 is 0 Å². The molecule has 0 saturated carbocycles. The number of halogens is 4. The van der Waals surface area contributed by atoms with Crippen LogP contribution in [0.4, 0.5) is 22.4 Å². The molecule has 0 bridgehead atoms. The number of rotatable bonds is 6. The SMILES string of the molecule is CC(C)(C)OC(=O)NC(=O)COc1ccccc1C1SC(c2ccc(F)cc2)=NN1C(=O)c1c(F)cc(F)cc1F. The summed E-state index contributed by atoms with van der Waals surface area (Å²) in [5.74, 6) is -6.51. The molecule has 8 nitrogen and oxygen atoms in total. The van der Waals surface area contributed by atoms with Crippen LogP contribution < -0.4 is 10.1 Å². The Morgan fingerprint density at radius 1 is 0.951 bits per heavy atom. The summed E-state index contributed by atoms with van der Waals surface area (Å²) in [6.45, 7) is 4.26. The first kappa shape index (κ1) is 29.6. The number of carbonyl (C=O) groups excluding carboxylic acids is 3. The molecule has 3 aromatic carbocycles. The number of carbonyl (C=O) groups is 3. The number of nitrogens with one attached hydrogen (secondary N) is 1. The van der Waals surface area contributed by atoms with Gasteiger partial charge in [0.2, 0.25) is 0 Å². The largest absolute Gasteiger partial charge is 0.483 e. The lowest BCUT2D eigenvalue weighted by molar-refractivity contribution is -0.122. The van der Waals surface area contributed by atoms with E-state index in [9.17, 15) is 31.9 Å². The fourth-order valence-electron chi connectivity index (χ4n) is 3.67. The second-order valence-electron chi connectivity index (χ2n) is 9.65. The number of hydrazone groups is 1. The lowest BCUT2D eigenvalue weighted by atomic mass is 10.1. The van der Waals surface area contributed by atoms with E-state index in [0.29, 0.717) is 17.7 Å². The predicted octanol–water partition coefficient (Wildman–Crippen LogP) is 5.92. The van der Waals surface area contributed by atoms with E-state index in [-0.39, 0.29) is 16.4 Å². The summed E-state index contributed by atoms with van der Waals surface area (Å²) in [4.78, 5) is 37.6. The number of benzene rings is 3. The molecule has 1 heterocycles. The Balaban J connectivity index is 1.64. The minimum absolute atomic E-state index is 0.0951. The Bertz CT molecular complexity index is 1500. The molecule has 1 aliphatic heterocycles. The quantitative estimate of drug-likeness (QED) is 0.359. The smallest absolute Gasteiger partial charge is 0.414 e. The molecule has 13 heteroatoms. The van der Waals surface area contributed by atoms with Gasteiger partial charge in [0.1, 0.15) is 50.6 Å². The third-order valence-electron chi connectivity index (χ3n) is 5.35. The summed E-state index contributed by atoms with van der Waals surface area (Å²) in [7, 11) is 0. The van der Waals surface area contributed by atoms with Crippen molar-refractivity contribution in [3.63, 3.8) is 0 Å². The van der Waals surface area contributed by atoms with Crippen molar-refractivity contribution in [1.82, 2.24) is 10.3 Å². The monoisotopic (exact) mass is 589 g/mol. The third kappa shape index (κ3) is 7.23. The summed E-state index contributed by atoms with van der Waals surface area (Å²) in [6.07, 6.45) is -0.969. The number of hydrogen-bond acceptors (Lipinski definition) is 7. The van der Waals surface area contributed by atoms with Gasteiger partial charge in [0, 0.05) is 23.3 Å². The minimum Gasteiger partial charge on any atom is -0.483 e. The number of thioether (sulfide) groups is 1. The van der Waals surface area contributed by atoms with Crippen LogP contribution in [-0.2, 0) is 9.53 Å². The number of imide groups is 1. The van der Waals surface area contributed by atoms with E-state index in [2.05, 4.69) is 5.10 Å². The van der Waals surface area contributed by atoms with Gasteiger partial charge in [-0.2, -0.15) is 5.10 Å². The van der Waals surface area contributed by atoms with Crippen LogP contribution in [0.1, 0.15) is 47.6 Å². The highest BCUT2D eigenvalue weighted by Crippen LogP contribution is 2.45. The normalized spacial score (nSPS) is 14.9. The van der Waals surface area contributed by atoms with Gasteiger partial charge >= 0.3 is 6.09 Å². The molecule has 0 spiro atoms. The average molecular weight is 590 g/mol. The highest BCUT2D eigenvalue weighted by molar-refractivity contribution is 8.14. The minimum atomic E-state index is -1.43. The molecular formula is C28H23F4N3O5S. The van der Waals surface area contributed by atoms with Crippen LogP contribution in [0.15, 0.2) is 65.8 Å². The lowest BCUT2D eigenvalue weighted by Crippen LogP contribution is -2.38. The Labute approximate surface area is 236 Å². The van der Waals surface area contributed by atoms with Crippen molar-refractivity contribution >= 4 is 34.7 Å². The van der Waals surface area contributed by atoms with Crippen LogP contribution in [0.2, 0.25) is 0 Å². The Morgan fingerprint density at radius 2 is 1.59 bits per heavy atom. The molecule has 214 valence electrons. The predicted molar refractivity (Wildman–Crippen MR) is 142 cm³/mol. The number of nitrogens with zero attached hydrogens (tertiary/aromatic N) is 2.